The average molecular weight is 421 g/mol. The fraction of sp³-hybridized carbons (Fsp3) is 0.263. The zero-order chi connectivity index (χ0) is 19.1. The number of hydrogen-bond acceptors (Lipinski definition) is 4. The molecule has 7 heteroatoms. The van der Waals surface area contributed by atoms with Crippen LogP contribution in [-0.4, -0.2) is 24.5 Å². The molecule has 0 aliphatic rings. The van der Waals surface area contributed by atoms with Gasteiger partial charge in [0.15, 0.2) is 6.61 Å². The molecule has 0 bridgehead atoms. The molecule has 0 radical (unpaired) electrons. The smallest absolute Gasteiger partial charge is 0.276 e. The summed E-state index contributed by atoms with van der Waals surface area (Å²) in [5, 5.41) is 0. The average Bonchev–Trinajstić information content (AvgIpc) is 2.59. The van der Waals surface area contributed by atoms with Crippen LogP contribution in [0.4, 0.5) is 0 Å². The Hall–Kier alpha value is -2.54. The Morgan fingerprint density at radius 2 is 1.81 bits per heavy atom. The van der Waals surface area contributed by atoms with Crippen molar-refractivity contribution in [2.24, 2.45) is 0 Å². The summed E-state index contributed by atoms with van der Waals surface area (Å²) in [6, 6.07) is 12.3. The first-order chi connectivity index (χ1) is 12.4. The van der Waals surface area contributed by atoms with Gasteiger partial charge in [-0.05, 0) is 56.7 Å². The number of aryl methyl sites for hydroxylation is 1. The first-order valence-corrected chi connectivity index (χ1v) is 8.90. The van der Waals surface area contributed by atoms with Gasteiger partial charge in [0, 0.05) is 4.47 Å². The molecule has 6 nitrogen and oxygen atoms in total. The Morgan fingerprint density at radius 3 is 2.50 bits per heavy atom. The fourth-order valence-electron chi connectivity index (χ4n) is 2.16. The maximum absolute atomic E-state index is 12.3. The van der Waals surface area contributed by atoms with Crippen LogP contribution in [0.5, 0.6) is 11.5 Å². The summed E-state index contributed by atoms with van der Waals surface area (Å²) in [6.07, 6.45) is -0.0684. The van der Waals surface area contributed by atoms with E-state index >= 15 is 0 Å². The number of nitrogens with one attached hydrogen (secondary N) is 2. The molecule has 0 aliphatic heterocycles. The van der Waals surface area contributed by atoms with Crippen LogP contribution in [0.2, 0.25) is 0 Å². The van der Waals surface area contributed by atoms with Gasteiger partial charge in [0.1, 0.15) is 11.5 Å². The third-order valence-electron chi connectivity index (χ3n) is 3.31. The summed E-state index contributed by atoms with van der Waals surface area (Å²) < 4.78 is 12.0. The van der Waals surface area contributed by atoms with Crippen molar-refractivity contribution in [2.45, 2.75) is 26.9 Å². The molecule has 0 heterocycles. The van der Waals surface area contributed by atoms with Crippen molar-refractivity contribution in [2.75, 3.05) is 6.61 Å². The van der Waals surface area contributed by atoms with Gasteiger partial charge >= 0.3 is 0 Å². The number of amides is 2. The van der Waals surface area contributed by atoms with Crippen molar-refractivity contribution in [3.8, 4) is 11.5 Å². The molecule has 138 valence electrons. The van der Waals surface area contributed by atoms with Gasteiger partial charge in [-0.15, -0.1) is 0 Å². The zero-order valence-electron chi connectivity index (χ0n) is 14.8. The molecule has 0 saturated heterocycles. The molecular formula is C19H21BrN2O4. The molecule has 2 aromatic rings. The zero-order valence-corrected chi connectivity index (χ0v) is 16.4. The number of carbonyl (C=O) groups is 2. The topological polar surface area (TPSA) is 76.7 Å². The number of carbonyl (C=O) groups excluding carboxylic acids is 2. The molecule has 26 heavy (non-hydrogen) atoms. The maximum atomic E-state index is 12.3. The summed E-state index contributed by atoms with van der Waals surface area (Å²) in [5.74, 6) is 0.124. The highest BCUT2D eigenvalue weighted by molar-refractivity contribution is 9.10. The van der Waals surface area contributed by atoms with Crippen molar-refractivity contribution in [1.82, 2.24) is 10.9 Å². The summed E-state index contributed by atoms with van der Waals surface area (Å²) in [6.45, 7) is 5.41. The second kappa shape index (κ2) is 9.24. The minimum absolute atomic E-state index is 0.0684. The van der Waals surface area contributed by atoms with Gasteiger partial charge in [0.05, 0.1) is 11.7 Å². The minimum atomic E-state index is -0.470. The van der Waals surface area contributed by atoms with Crippen LogP contribution in [0, 0.1) is 6.92 Å². The van der Waals surface area contributed by atoms with E-state index in [4.69, 9.17) is 9.47 Å². The van der Waals surface area contributed by atoms with Crippen LogP contribution in [0.1, 0.15) is 29.8 Å². The second-order valence-corrected chi connectivity index (χ2v) is 6.78. The van der Waals surface area contributed by atoms with Crippen molar-refractivity contribution < 1.29 is 19.1 Å². The number of halogens is 1. The van der Waals surface area contributed by atoms with Crippen molar-refractivity contribution in [1.29, 1.82) is 0 Å². The predicted octanol–water partition coefficient (Wildman–Crippen LogP) is 3.38. The van der Waals surface area contributed by atoms with E-state index in [9.17, 15) is 9.59 Å². The van der Waals surface area contributed by atoms with Crippen LogP contribution in [0.25, 0.3) is 0 Å². The molecule has 0 aromatic heterocycles. The SMILES string of the molecule is Cc1cc(Br)ccc1OCC(=O)NNC(=O)c1ccccc1OC(C)C. The Balaban J connectivity index is 1.88. The summed E-state index contributed by atoms with van der Waals surface area (Å²) in [7, 11) is 0. The third-order valence-corrected chi connectivity index (χ3v) is 3.80. The highest BCUT2D eigenvalue weighted by Crippen LogP contribution is 2.22. The lowest BCUT2D eigenvalue weighted by Gasteiger charge is -2.14. The Bertz CT molecular complexity index is 793. The number of rotatable bonds is 6. The van der Waals surface area contributed by atoms with Crippen LogP contribution >= 0.6 is 15.9 Å². The van der Waals surface area contributed by atoms with Gasteiger partial charge in [-0.1, -0.05) is 28.1 Å². The number of benzene rings is 2. The van der Waals surface area contributed by atoms with Gasteiger partial charge in [-0.25, -0.2) is 0 Å². The molecule has 0 unspecified atom stereocenters. The number of hydrogen-bond donors (Lipinski definition) is 2. The fourth-order valence-corrected chi connectivity index (χ4v) is 2.63. The quantitative estimate of drug-likeness (QED) is 0.702. The van der Waals surface area contributed by atoms with Gasteiger partial charge in [-0.3, -0.25) is 20.4 Å². The van der Waals surface area contributed by atoms with E-state index in [1.807, 2.05) is 32.9 Å². The van der Waals surface area contributed by atoms with E-state index in [0.717, 1.165) is 10.0 Å². The minimum Gasteiger partial charge on any atom is -0.490 e. The first-order valence-electron chi connectivity index (χ1n) is 8.10. The monoisotopic (exact) mass is 420 g/mol. The highest BCUT2D eigenvalue weighted by atomic mass is 79.9. The normalized spacial score (nSPS) is 10.3. The van der Waals surface area contributed by atoms with Gasteiger partial charge < -0.3 is 9.47 Å². The molecule has 2 N–H and O–H groups in total. The Morgan fingerprint density at radius 1 is 1.08 bits per heavy atom. The van der Waals surface area contributed by atoms with Gasteiger partial charge in [0.25, 0.3) is 11.8 Å². The standard InChI is InChI=1S/C19H21BrN2O4/c1-12(2)26-17-7-5-4-6-15(17)19(24)22-21-18(23)11-25-16-9-8-14(20)10-13(16)3/h4-10,12H,11H2,1-3H3,(H,21,23)(H,22,24). The van der Waals surface area contributed by atoms with E-state index in [-0.39, 0.29) is 12.7 Å². The summed E-state index contributed by atoms with van der Waals surface area (Å²) in [5.41, 5.74) is 5.94. The lowest BCUT2D eigenvalue weighted by molar-refractivity contribution is -0.123. The van der Waals surface area contributed by atoms with Crippen LogP contribution in [-0.2, 0) is 4.79 Å². The lowest BCUT2D eigenvalue weighted by atomic mass is 10.2. The molecular weight excluding hydrogens is 400 g/mol. The molecule has 0 aliphatic carbocycles. The first kappa shape index (κ1) is 19.8. The number of para-hydroxylation sites is 1. The van der Waals surface area contributed by atoms with E-state index < -0.39 is 11.8 Å². The third kappa shape index (κ3) is 5.77. The molecule has 2 amide bonds. The van der Waals surface area contributed by atoms with E-state index in [0.29, 0.717) is 17.1 Å². The molecule has 0 atom stereocenters. The van der Waals surface area contributed by atoms with Crippen molar-refractivity contribution in [3.05, 3.63) is 58.1 Å². The largest absolute Gasteiger partial charge is 0.490 e. The van der Waals surface area contributed by atoms with Crippen LogP contribution < -0.4 is 20.3 Å². The molecule has 2 aromatic carbocycles. The summed E-state index contributed by atoms with van der Waals surface area (Å²) in [4.78, 5) is 24.2. The van der Waals surface area contributed by atoms with E-state index in [2.05, 4.69) is 26.8 Å². The Labute approximate surface area is 161 Å². The molecule has 2 rings (SSSR count). The highest BCUT2D eigenvalue weighted by Gasteiger charge is 2.14. The van der Waals surface area contributed by atoms with Crippen LogP contribution in [0.15, 0.2) is 46.9 Å². The number of ether oxygens (including phenoxy) is 2. The molecule has 0 saturated carbocycles. The van der Waals surface area contributed by atoms with Gasteiger partial charge in [0.2, 0.25) is 0 Å². The van der Waals surface area contributed by atoms with Crippen LogP contribution in [0.3, 0.4) is 0 Å². The predicted molar refractivity (Wildman–Crippen MR) is 102 cm³/mol. The summed E-state index contributed by atoms with van der Waals surface area (Å²) >= 11 is 3.37. The van der Waals surface area contributed by atoms with Crippen molar-refractivity contribution in [3.63, 3.8) is 0 Å². The van der Waals surface area contributed by atoms with Crippen molar-refractivity contribution >= 4 is 27.7 Å². The lowest BCUT2D eigenvalue weighted by Crippen LogP contribution is -2.44. The maximum Gasteiger partial charge on any atom is 0.276 e. The number of hydrazine groups is 1. The molecule has 0 fully saturated rings. The van der Waals surface area contributed by atoms with E-state index in [1.54, 1.807) is 30.3 Å². The Kier molecular flexibility index (Phi) is 7.03. The second-order valence-electron chi connectivity index (χ2n) is 5.86. The molecule has 0 spiro atoms. The van der Waals surface area contributed by atoms with E-state index in [1.165, 1.54) is 0 Å². The van der Waals surface area contributed by atoms with Gasteiger partial charge in [-0.2, -0.15) is 0 Å².